The molecule has 23 heavy (non-hydrogen) atoms. The van der Waals surface area contributed by atoms with Gasteiger partial charge in [0.05, 0.1) is 24.3 Å². The minimum absolute atomic E-state index is 0.279. The molecule has 0 bridgehead atoms. The average Bonchev–Trinajstić information content (AvgIpc) is 3.07. The Morgan fingerprint density at radius 2 is 2.09 bits per heavy atom. The van der Waals surface area contributed by atoms with Crippen LogP contribution in [0.2, 0.25) is 0 Å². The fourth-order valence-corrected chi connectivity index (χ4v) is 3.02. The zero-order valence-corrected chi connectivity index (χ0v) is 12.7. The van der Waals surface area contributed by atoms with E-state index >= 15 is 0 Å². The van der Waals surface area contributed by atoms with Crippen LogP contribution in [0.5, 0.6) is 0 Å². The van der Waals surface area contributed by atoms with Crippen molar-refractivity contribution in [3.05, 3.63) is 65.7 Å². The van der Waals surface area contributed by atoms with Gasteiger partial charge in [-0.1, -0.05) is 42.5 Å². The standard InChI is InChI=1S/C18H17N3O2/c22-18(21-9-8-16-17(10-21)20-12-19-16)23-11-14-6-3-5-13-4-1-2-7-15(13)14/h1-7,12H,8-11H2,(H,19,20). The highest BCUT2D eigenvalue weighted by Gasteiger charge is 2.23. The topological polar surface area (TPSA) is 58.2 Å². The maximum absolute atomic E-state index is 12.3. The number of fused-ring (bicyclic) bond motifs is 2. The van der Waals surface area contributed by atoms with Crippen LogP contribution in [0.25, 0.3) is 10.8 Å². The van der Waals surface area contributed by atoms with Crippen molar-refractivity contribution >= 4 is 16.9 Å². The molecule has 3 aromatic rings. The van der Waals surface area contributed by atoms with Gasteiger partial charge in [-0.2, -0.15) is 0 Å². The fourth-order valence-electron chi connectivity index (χ4n) is 3.02. The van der Waals surface area contributed by atoms with E-state index in [1.165, 1.54) is 0 Å². The van der Waals surface area contributed by atoms with Crippen LogP contribution in [0.3, 0.4) is 0 Å². The molecular formula is C18H17N3O2. The van der Waals surface area contributed by atoms with Crippen LogP contribution >= 0.6 is 0 Å². The molecule has 5 nitrogen and oxygen atoms in total. The average molecular weight is 307 g/mol. The molecule has 0 radical (unpaired) electrons. The van der Waals surface area contributed by atoms with Gasteiger partial charge in [0, 0.05) is 13.0 Å². The zero-order valence-electron chi connectivity index (χ0n) is 12.7. The third-order valence-electron chi connectivity index (χ3n) is 4.26. The molecule has 4 rings (SSSR count). The maximum Gasteiger partial charge on any atom is 0.410 e. The lowest BCUT2D eigenvalue weighted by molar-refractivity contribution is 0.0916. The highest BCUT2D eigenvalue weighted by Crippen LogP contribution is 2.20. The molecule has 1 aliphatic rings. The van der Waals surface area contributed by atoms with E-state index in [9.17, 15) is 4.79 Å². The van der Waals surface area contributed by atoms with Gasteiger partial charge >= 0.3 is 6.09 Å². The first-order valence-corrected chi connectivity index (χ1v) is 7.71. The van der Waals surface area contributed by atoms with E-state index in [1.54, 1.807) is 11.2 Å². The molecule has 1 aliphatic heterocycles. The third-order valence-corrected chi connectivity index (χ3v) is 4.26. The van der Waals surface area contributed by atoms with Crippen LogP contribution in [-0.4, -0.2) is 27.5 Å². The molecule has 1 amide bonds. The number of H-pyrrole nitrogens is 1. The summed E-state index contributed by atoms with van der Waals surface area (Å²) in [6.07, 6.45) is 2.16. The summed E-state index contributed by atoms with van der Waals surface area (Å²) >= 11 is 0. The first-order valence-electron chi connectivity index (χ1n) is 7.71. The number of carbonyl (C=O) groups excluding carboxylic acids is 1. The highest BCUT2D eigenvalue weighted by atomic mass is 16.6. The van der Waals surface area contributed by atoms with Crippen molar-refractivity contribution in [3.63, 3.8) is 0 Å². The first-order chi connectivity index (χ1) is 11.3. The third kappa shape index (κ3) is 2.65. The number of nitrogens with zero attached hydrogens (tertiary/aromatic N) is 2. The Labute approximate surface area is 133 Å². The molecule has 0 saturated heterocycles. The number of hydrogen-bond acceptors (Lipinski definition) is 3. The van der Waals surface area contributed by atoms with Crippen molar-refractivity contribution in [3.8, 4) is 0 Å². The van der Waals surface area contributed by atoms with Crippen molar-refractivity contribution in [2.24, 2.45) is 0 Å². The van der Waals surface area contributed by atoms with Crippen LogP contribution in [0.4, 0.5) is 4.79 Å². The number of ether oxygens (including phenoxy) is 1. The molecule has 0 saturated carbocycles. The first kappa shape index (κ1) is 13.8. The SMILES string of the molecule is O=C(OCc1cccc2ccccc12)N1CCc2nc[nH]c2C1. The number of benzene rings is 2. The van der Waals surface area contributed by atoms with Crippen molar-refractivity contribution in [2.45, 2.75) is 19.6 Å². The normalized spacial score (nSPS) is 13.8. The lowest BCUT2D eigenvalue weighted by Gasteiger charge is -2.25. The Kier molecular flexibility index (Phi) is 3.46. The van der Waals surface area contributed by atoms with Gasteiger partial charge in [-0.3, -0.25) is 0 Å². The molecule has 0 fully saturated rings. The quantitative estimate of drug-likeness (QED) is 0.790. The van der Waals surface area contributed by atoms with Crippen molar-refractivity contribution in [2.75, 3.05) is 6.54 Å². The zero-order chi connectivity index (χ0) is 15.6. The summed E-state index contributed by atoms with van der Waals surface area (Å²) in [6.45, 7) is 1.46. The summed E-state index contributed by atoms with van der Waals surface area (Å²) in [5.74, 6) is 0. The van der Waals surface area contributed by atoms with Gasteiger partial charge in [-0.05, 0) is 16.3 Å². The van der Waals surface area contributed by atoms with Crippen LogP contribution in [-0.2, 0) is 24.3 Å². The van der Waals surface area contributed by atoms with Crippen LogP contribution in [0.1, 0.15) is 17.0 Å². The molecule has 0 unspecified atom stereocenters. The Bertz CT molecular complexity index is 851. The van der Waals surface area contributed by atoms with Crippen LogP contribution in [0, 0.1) is 0 Å². The largest absolute Gasteiger partial charge is 0.445 e. The number of aromatic amines is 1. The predicted molar refractivity (Wildman–Crippen MR) is 86.8 cm³/mol. The van der Waals surface area contributed by atoms with E-state index in [2.05, 4.69) is 28.2 Å². The van der Waals surface area contributed by atoms with E-state index in [1.807, 2.05) is 24.3 Å². The molecule has 2 aromatic carbocycles. The van der Waals surface area contributed by atoms with Crippen molar-refractivity contribution < 1.29 is 9.53 Å². The Balaban J connectivity index is 1.45. The summed E-state index contributed by atoms with van der Waals surface area (Å²) < 4.78 is 5.52. The van der Waals surface area contributed by atoms with Gasteiger partial charge in [-0.15, -0.1) is 0 Å². The fraction of sp³-hybridized carbons (Fsp3) is 0.222. The maximum atomic E-state index is 12.3. The van der Waals surface area contributed by atoms with Crippen molar-refractivity contribution in [1.29, 1.82) is 0 Å². The Morgan fingerprint density at radius 3 is 3.04 bits per heavy atom. The van der Waals surface area contributed by atoms with Crippen LogP contribution in [0.15, 0.2) is 48.8 Å². The molecule has 116 valence electrons. The molecule has 0 aliphatic carbocycles. The molecule has 0 atom stereocenters. The lowest BCUT2D eigenvalue weighted by atomic mass is 10.1. The second-order valence-corrected chi connectivity index (χ2v) is 5.69. The number of rotatable bonds is 2. The monoisotopic (exact) mass is 307 g/mol. The number of amides is 1. The summed E-state index contributed by atoms with van der Waals surface area (Å²) in [5.41, 5.74) is 3.07. The van der Waals surface area contributed by atoms with Crippen molar-refractivity contribution in [1.82, 2.24) is 14.9 Å². The summed E-state index contributed by atoms with van der Waals surface area (Å²) in [5, 5.41) is 2.28. The predicted octanol–water partition coefficient (Wildman–Crippen LogP) is 3.26. The molecule has 1 N–H and O–H groups in total. The van der Waals surface area contributed by atoms with Gasteiger partial charge in [0.25, 0.3) is 0 Å². The van der Waals surface area contributed by atoms with Gasteiger partial charge in [0.1, 0.15) is 6.61 Å². The van der Waals surface area contributed by atoms with E-state index in [4.69, 9.17) is 4.74 Å². The number of nitrogens with one attached hydrogen (secondary N) is 1. The minimum atomic E-state index is -0.279. The minimum Gasteiger partial charge on any atom is -0.445 e. The summed E-state index contributed by atoms with van der Waals surface area (Å²) in [7, 11) is 0. The van der Waals surface area contributed by atoms with Gasteiger partial charge in [0.2, 0.25) is 0 Å². The van der Waals surface area contributed by atoms with Gasteiger partial charge < -0.3 is 14.6 Å². The Morgan fingerprint density at radius 1 is 1.22 bits per heavy atom. The number of carbonyl (C=O) groups is 1. The highest BCUT2D eigenvalue weighted by molar-refractivity contribution is 5.85. The number of imidazole rings is 1. The summed E-state index contributed by atoms with van der Waals surface area (Å²) in [4.78, 5) is 21.3. The van der Waals surface area contributed by atoms with E-state index < -0.39 is 0 Å². The molecule has 2 heterocycles. The number of aromatic nitrogens is 2. The molecule has 1 aromatic heterocycles. The summed E-state index contributed by atoms with van der Waals surface area (Å²) in [6, 6.07) is 14.2. The molecule has 0 spiro atoms. The van der Waals surface area contributed by atoms with E-state index in [-0.39, 0.29) is 12.7 Å². The lowest BCUT2D eigenvalue weighted by Crippen LogP contribution is -2.36. The van der Waals surface area contributed by atoms with Gasteiger partial charge in [-0.25, -0.2) is 9.78 Å². The van der Waals surface area contributed by atoms with Crippen LogP contribution < -0.4 is 0 Å². The van der Waals surface area contributed by atoms with Gasteiger partial charge in [0.15, 0.2) is 0 Å². The second-order valence-electron chi connectivity index (χ2n) is 5.69. The molecule has 5 heteroatoms. The van der Waals surface area contributed by atoms with E-state index in [0.29, 0.717) is 13.1 Å². The molecular weight excluding hydrogens is 290 g/mol. The second kappa shape index (κ2) is 5.76. The van der Waals surface area contributed by atoms with E-state index in [0.717, 1.165) is 34.1 Å². The Hall–Kier alpha value is -2.82. The smallest absolute Gasteiger partial charge is 0.410 e. The number of hydrogen-bond donors (Lipinski definition) is 1.